The number of benzene rings is 2. The summed E-state index contributed by atoms with van der Waals surface area (Å²) in [4.78, 5) is 12.2. The van der Waals surface area contributed by atoms with Crippen LogP contribution in [-0.4, -0.2) is 51.6 Å². The van der Waals surface area contributed by atoms with Gasteiger partial charge in [0.25, 0.3) is 0 Å². The zero-order chi connectivity index (χ0) is 21.4. The summed E-state index contributed by atoms with van der Waals surface area (Å²) < 4.78 is 42.7. The SMILES string of the molecule is CCOc1ccccc1COC(=O)/C=C/c1ccc(S(=O)(=O)N2CCOCC2)cc1. The molecule has 0 saturated carbocycles. The van der Waals surface area contributed by atoms with Crippen molar-refractivity contribution >= 4 is 22.1 Å². The fourth-order valence-corrected chi connectivity index (χ4v) is 4.38. The lowest BCUT2D eigenvalue weighted by molar-refractivity contribution is -0.138. The van der Waals surface area contributed by atoms with Crippen LogP contribution < -0.4 is 4.74 Å². The van der Waals surface area contributed by atoms with E-state index < -0.39 is 16.0 Å². The van der Waals surface area contributed by atoms with Gasteiger partial charge in [0.2, 0.25) is 10.0 Å². The van der Waals surface area contributed by atoms with E-state index in [2.05, 4.69) is 0 Å². The molecule has 0 amide bonds. The van der Waals surface area contributed by atoms with Crippen molar-refractivity contribution < 1.29 is 27.4 Å². The Kier molecular flexibility index (Phi) is 7.62. The summed E-state index contributed by atoms with van der Waals surface area (Å²) in [5, 5.41) is 0. The van der Waals surface area contributed by atoms with Gasteiger partial charge in [-0.15, -0.1) is 0 Å². The maximum Gasteiger partial charge on any atom is 0.331 e. The molecular weight excluding hydrogens is 406 g/mol. The van der Waals surface area contributed by atoms with E-state index in [-0.39, 0.29) is 11.5 Å². The first-order chi connectivity index (χ1) is 14.5. The molecule has 0 radical (unpaired) electrons. The van der Waals surface area contributed by atoms with Crippen molar-refractivity contribution in [2.45, 2.75) is 18.4 Å². The lowest BCUT2D eigenvalue weighted by Gasteiger charge is -2.26. The molecule has 3 rings (SSSR count). The highest BCUT2D eigenvalue weighted by atomic mass is 32.2. The number of carbonyl (C=O) groups excluding carboxylic acids is 1. The number of sulfonamides is 1. The number of para-hydroxylation sites is 1. The summed E-state index contributed by atoms with van der Waals surface area (Å²) in [6.07, 6.45) is 2.90. The molecule has 0 N–H and O–H groups in total. The van der Waals surface area contributed by atoms with Crippen LogP contribution in [0.15, 0.2) is 59.5 Å². The van der Waals surface area contributed by atoms with Crippen molar-refractivity contribution in [3.05, 3.63) is 65.7 Å². The third-order valence-electron chi connectivity index (χ3n) is 4.54. The Bertz CT molecular complexity index is 979. The molecule has 1 saturated heterocycles. The Morgan fingerprint density at radius 3 is 2.50 bits per heavy atom. The average molecular weight is 432 g/mol. The Hall–Kier alpha value is -2.68. The molecule has 0 aromatic heterocycles. The summed E-state index contributed by atoms with van der Waals surface area (Å²) in [6, 6.07) is 13.8. The molecule has 0 bridgehead atoms. The highest BCUT2D eigenvalue weighted by Crippen LogP contribution is 2.20. The van der Waals surface area contributed by atoms with Gasteiger partial charge in [-0.25, -0.2) is 13.2 Å². The molecule has 8 heteroatoms. The number of carbonyl (C=O) groups is 1. The van der Waals surface area contributed by atoms with Crippen molar-refractivity contribution in [3.8, 4) is 5.75 Å². The van der Waals surface area contributed by atoms with Crippen LogP contribution in [0.3, 0.4) is 0 Å². The molecule has 0 spiro atoms. The van der Waals surface area contributed by atoms with Gasteiger partial charge in [-0.1, -0.05) is 30.3 Å². The third-order valence-corrected chi connectivity index (χ3v) is 6.46. The molecular formula is C22H25NO6S. The number of hydrogen-bond acceptors (Lipinski definition) is 6. The molecule has 1 aliphatic rings. The molecule has 2 aromatic carbocycles. The zero-order valence-electron chi connectivity index (χ0n) is 16.8. The van der Waals surface area contributed by atoms with Gasteiger partial charge in [0.15, 0.2) is 0 Å². The van der Waals surface area contributed by atoms with Gasteiger partial charge < -0.3 is 14.2 Å². The highest BCUT2D eigenvalue weighted by molar-refractivity contribution is 7.89. The van der Waals surface area contributed by atoms with Gasteiger partial charge >= 0.3 is 5.97 Å². The lowest BCUT2D eigenvalue weighted by Crippen LogP contribution is -2.40. The Balaban J connectivity index is 1.58. The first kappa shape index (κ1) is 22.0. The van der Waals surface area contributed by atoms with Gasteiger partial charge in [0.1, 0.15) is 12.4 Å². The Labute approximate surface area is 176 Å². The van der Waals surface area contributed by atoms with Gasteiger partial charge in [0.05, 0.1) is 24.7 Å². The van der Waals surface area contributed by atoms with E-state index >= 15 is 0 Å². The summed E-state index contributed by atoms with van der Waals surface area (Å²) in [5.41, 5.74) is 1.49. The minimum Gasteiger partial charge on any atom is -0.493 e. The quantitative estimate of drug-likeness (QED) is 0.472. The maximum atomic E-state index is 12.6. The summed E-state index contributed by atoms with van der Waals surface area (Å²) in [6.45, 7) is 4.03. The van der Waals surface area contributed by atoms with E-state index in [1.807, 2.05) is 31.2 Å². The number of esters is 1. The maximum absolute atomic E-state index is 12.6. The largest absolute Gasteiger partial charge is 0.493 e. The zero-order valence-corrected chi connectivity index (χ0v) is 17.6. The third kappa shape index (κ3) is 5.69. The number of rotatable bonds is 8. The standard InChI is InChI=1S/C22H25NO6S/c1-2-28-21-6-4-3-5-19(21)17-29-22(24)12-9-18-7-10-20(11-8-18)30(25,26)23-13-15-27-16-14-23/h3-12H,2,13-17H2,1H3/b12-9+. The Morgan fingerprint density at radius 1 is 1.10 bits per heavy atom. The molecule has 1 fully saturated rings. The number of hydrogen-bond donors (Lipinski definition) is 0. The molecule has 30 heavy (non-hydrogen) atoms. The van der Waals surface area contributed by atoms with E-state index in [4.69, 9.17) is 14.2 Å². The predicted molar refractivity (Wildman–Crippen MR) is 112 cm³/mol. The van der Waals surface area contributed by atoms with Crippen LogP contribution in [0.25, 0.3) is 6.08 Å². The van der Waals surface area contributed by atoms with Crippen molar-refractivity contribution in [3.63, 3.8) is 0 Å². The van der Waals surface area contributed by atoms with Crippen LogP contribution in [0.4, 0.5) is 0 Å². The van der Waals surface area contributed by atoms with Gasteiger partial charge in [-0.05, 0) is 36.8 Å². The van der Waals surface area contributed by atoms with Gasteiger partial charge in [-0.3, -0.25) is 0 Å². The second-order valence-electron chi connectivity index (χ2n) is 6.57. The number of ether oxygens (including phenoxy) is 3. The van der Waals surface area contributed by atoms with Crippen LogP contribution in [0, 0.1) is 0 Å². The van der Waals surface area contributed by atoms with E-state index in [0.29, 0.717) is 44.2 Å². The monoisotopic (exact) mass is 431 g/mol. The van der Waals surface area contributed by atoms with Gasteiger partial charge in [0, 0.05) is 24.7 Å². The highest BCUT2D eigenvalue weighted by Gasteiger charge is 2.25. The molecule has 0 aliphatic carbocycles. The van der Waals surface area contributed by atoms with Gasteiger partial charge in [-0.2, -0.15) is 4.31 Å². The minimum atomic E-state index is -3.53. The fourth-order valence-electron chi connectivity index (χ4n) is 2.97. The average Bonchev–Trinajstić information content (AvgIpc) is 2.78. The lowest BCUT2D eigenvalue weighted by atomic mass is 10.2. The van der Waals surface area contributed by atoms with Crippen LogP contribution in [0.5, 0.6) is 5.75 Å². The van der Waals surface area contributed by atoms with E-state index in [1.54, 1.807) is 18.2 Å². The van der Waals surface area contributed by atoms with E-state index in [0.717, 1.165) is 5.56 Å². The smallest absolute Gasteiger partial charge is 0.331 e. The molecule has 1 heterocycles. The fraction of sp³-hybridized carbons (Fsp3) is 0.318. The van der Waals surface area contributed by atoms with Crippen molar-refractivity contribution in [1.29, 1.82) is 0 Å². The first-order valence-corrected chi connectivity index (χ1v) is 11.2. The summed E-state index contributed by atoms with van der Waals surface area (Å²) in [5.74, 6) is 0.195. The molecule has 2 aromatic rings. The van der Waals surface area contributed by atoms with Crippen LogP contribution >= 0.6 is 0 Å². The normalized spacial score (nSPS) is 15.2. The topological polar surface area (TPSA) is 82.1 Å². The van der Waals surface area contributed by atoms with Crippen molar-refractivity contribution in [1.82, 2.24) is 4.31 Å². The van der Waals surface area contributed by atoms with E-state index in [1.165, 1.54) is 22.5 Å². The van der Waals surface area contributed by atoms with E-state index in [9.17, 15) is 13.2 Å². The second-order valence-corrected chi connectivity index (χ2v) is 8.51. The molecule has 1 aliphatic heterocycles. The van der Waals surface area contributed by atoms with Crippen LogP contribution in [0.2, 0.25) is 0 Å². The number of nitrogens with zero attached hydrogens (tertiary/aromatic N) is 1. The summed E-state index contributed by atoms with van der Waals surface area (Å²) >= 11 is 0. The first-order valence-electron chi connectivity index (χ1n) is 9.74. The minimum absolute atomic E-state index is 0.107. The van der Waals surface area contributed by atoms with Crippen molar-refractivity contribution in [2.75, 3.05) is 32.9 Å². The Morgan fingerprint density at radius 2 is 1.80 bits per heavy atom. The molecule has 160 valence electrons. The molecule has 7 nitrogen and oxygen atoms in total. The number of morpholine rings is 1. The predicted octanol–water partition coefficient (Wildman–Crippen LogP) is 2.86. The van der Waals surface area contributed by atoms with Crippen LogP contribution in [0.1, 0.15) is 18.1 Å². The summed E-state index contributed by atoms with van der Waals surface area (Å²) in [7, 11) is -3.53. The van der Waals surface area contributed by atoms with Crippen molar-refractivity contribution in [2.24, 2.45) is 0 Å². The molecule has 0 atom stereocenters. The second kappa shape index (κ2) is 10.4. The van der Waals surface area contributed by atoms with Crippen LogP contribution in [-0.2, 0) is 30.9 Å². The molecule has 0 unspecified atom stereocenters.